The van der Waals surface area contributed by atoms with Gasteiger partial charge in [-0.25, -0.2) is 10.0 Å². The fraction of sp³-hybridized carbons (Fsp3) is 0.611. The van der Waals surface area contributed by atoms with Crippen LogP contribution < -0.4 is 10.2 Å². The van der Waals surface area contributed by atoms with E-state index in [0.717, 1.165) is 25.7 Å². The minimum atomic E-state index is -4.48. The van der Waals surface area contributed by atoms with Crippen LogP contribution in [0.15, 0.2) is 18.2 Å². The van der Waals surface area contributed by atoms with Gasteiger partial charge in [0.1, 0.15) is 0 Å². The second-order valence-electron chi connectivity index (χ2n) is 7.07. The summed E-state index contributed by atoms with van der Waals surface area (Å²) in [7, 11) is 0. The van der Waals surface area contributed by atoms with E-state index < -0.39 is 11.7 Å². The molecule has 5 nitrogen and oxygen atoms in total. The van der Waals surface area contributed by atoms with E-state index in [-0.39, 0.29) is 17.3 Å². The van der Waals surface area contributed by atoms with Gasteiger partial charge in [0.05, 0.1) is 17.2 Å². The molecule has 2 aliphatic rings. The Labute approximate surface area is 151 Å². The summed E-state index contributed by atoms with van der Waals surface area (Å²) in [6, 6.07) is 6.15. The van der Waals surface area contributed by atoms with Crippen LogP contribution in [0, 0.1) is 11.3 Å². The molecule has 0 unspecified atom stereocenters. The Morgan fingerprint density at radius 3 is 2.54 bits per heavy atom. The Morgan fingerprint density at radius 2 is 1.92 bits per heavy atom. The summed E-state index contributed by atoms with van der Waals surface area (Å²) in [5.74, 6) is 0. The largest absolute Gasteiger partial charge is 0.418 e. The second-order valence-corrected chi connectivity index (χ2v) is 7.07. The van der Waals surface area contributed by atoms with Gasteiger partial charge in [0, 0.05) is 57.0 Å². The first-order valence-corrected chi connectivity index (χ1v) is 8.90. The fourth-order valence-corrected chi connectivity index (χ4v) is 3.84. The summed E-state index contributed by atoms with van der Waals surface area (Å²) >= 11 is 0. The topological polar surface area (TPSA) is 45.5 Å². The Hall–Kier alpha value is -1.82. The lowest BCUT2D eigenvalue weighted by Crippen LogP contribution is -2.63. The van der Waals surface area contributed by atoms with Crippen molar-refractivity contribution in [2.45, 2.75) is 32.1 Å². The molecule has 26 heavy (non-hydrogen) atoms. The molecular formula is C18H24F3N5. The number of hydrogen-bond acceptors (Lipinski definition) is 5. The minimum Gasteiger partial charge on any atom is -0.368 e. The van der Waals surface area contributed by atoms with Crippen LogP contribution in [-0.2, 0) is 6.18 Å². The molecule has 142 valence electrons. The van der Waals surface area contributed by atoms with Gasteiger partial charge in [-0.15, -0.1) is 0 Å². The lowest BCUT2D eigenvalue weighted by Gasteiger charge is -2.48. The summed E-state index contributed by atoms with van der Waals surface area (Å²) in [5.41, 5.74) is -0.535. The third kappa shape index (κ3) is 3.95. The Morgan fingerprint density at radius 1 is 1.15 bits per heavy atom. The Balaban J connectivity index is 1.78. The molecule has 0 bridgehead atoms. The zero-order valence-corrected chi connectivity index (χ0v) is 15.1. The number of piperazine rings is 2. The first-order chi connectivity index (χ1) is 12.3. The molecule has 1 aromatic rings. The summed E-state index contributed by atoms with van der Waals surface area (Å²) in [6.45, 7) is 8.67. The SMILES string of the molecule is C[C@@H]1CN(N2CCN(c3ccc(C#N)cc3C(F)(F)F)C[C@H]2C)CCN1. The van der Waals surface area contributed by atoms with E-state index in [2.05, 4.69) is 29.2 Å². The molecule has 0 saturated carbocycles. The van der Waals surface area contributed by atoms with Crippen molar-refractivity contribution >= 4 is 5.69 Å². The normalized spacial score (nSPS) is 25.9. The van der Waals surface area contributed by atoms with Gasteiger partial charge in [-0.3, -0.25) is 0 Å². The average Bonchev–Trinajstić information content (AvgIpc) is 2.60. The highest BCUT2D eigenvalue weighted by Gasteiger charge is 2.37. The average molecular weight is 367 g/mol. The van der Waals surface area contributed by atoms with Crippen molar-refractivity contribution in [2.75, 3.05) is 44.2 Å². The number of halogens is 3. The molecule has 2 fully saturated rings. The van der Waals surface area contributed by atoms with Crippen LogP contribution in [0.25, 0.3) is 0 Å². The smallest absolute Gasteiger partial charge is 0.368 e. The third-order valence-electron chi connectivity index (χ3n) is 5.07. The first kappa shape index (κ1) is 19.0. The number of alkyl halides is 3. The molecule has 2 heterocycles. The maximum absolute atomic E-state index is 13.5. The van der Waals surface area contributed by atoms with Crippen molar-refractivity contribution in [1.82, 2.24) is 15.3 Å². The quantitative estimate of drug-likeness (QED) is 0.869. The van der Waals surface area contributed by atoms with Crippen molar-refractivity contribution < 1.29 is 13.2 Å². The number of benzene rings is 1. The number of hydrazine groups is 1. The molecule has 2 atom stereocenters. The predicted molar refractivity (Wildman–Crippen MR) is 93.6 cm³/mol. The predicted octanol–water partition coefficient (Wildman–Crippen LogP) is 2.30. The number of rotatable bonds is 2. The van der Waals surface area contributed by atoms with E-state index in [1.165, 1.54) is 12.1 Å². The highest BCUT2D eigenvalue weighted by atomic mass is 19.4. The highest BCUT2D eigenvalue weighted by molar-refractivity contribution is 5.58. The molecule has 1 N–H and O–H groups in total. The molecule has 1 aromatic carbocycles. The van der Waals surface area contributed by atoms with Crippen LogP contribution in [0.2, 0.25) is 0 Å². The third-order valence-corrected chi connectivity index (χ3v) is 5.07. The van der Waals surface area contributed by atoms with E-state index in [1.807, 2.05) is 0 Å². The van der Waals surface area contributed by atoms with Gasteiger partial charge in [0.2, 0.25) is 0 Å². The van der Waals surface area contributed by atoms with Gasteiger partial charge >= 0.3 is 6.18 Å². The van der Waals surface area contributed by atoms with Crippen molar-refractivity contribution in [3.8, 4) is 6.07 Å². The van der Waals surface area contributed by atoms with Crippen molar-refractivity contribution in [3.05, 3.63) is 29.3 Å². The van der Waals surface area contributed by atoms with Crippen LogP contribution in [-0.4, -0.2) is 61.4 Å². The number of nitriles is 1. The van der Waals surface area contributed by atoms with E-state index in [1.54, 1.807) is 11.0 Å². The molecular weight excluding hydrogens is 343 g/mol. The van der Waals surface area contributed by atoms with Gasteiger partial charge in [-0.2, -0.15) is 18.4 Å². The lowest BCUT2D eigenvalue weighted by atomic mass is 10.1. The van der Waals surface area contributed by atoms with Crippen LogP contribution in [0.5, 0.6) is 0 Å². The molecule has 0 radical (unpaired) electrons. The van der Waals surface area contributed by atoms with Crippen LogP contribution >= 0.6 is 0 Å². The molecule has 0 aliphatic carbocycles. The van der Waals surface area contributed by atoms with Crippen LogP contribution in [0.4, 0.5) is 18.9 Å². The molecule has 2 saturated heterocycles. The molecule has 0 spiro atoms. The van der Waals surface area contributed by atoms with E-state index in [0.29, 0.717) is 25.7 Å². The van der Waals surface area contributed by atoms with Gasteiger partial charge in [0.15, 0.2) is 0 Å². The summed E-state index contributed by atoms with van der Waals surface area (Å²) in [5, 5.41) is 16.9. The van der Waals surface area contributed by atoms with E-state index in [4.69, 9.17) is 5.26 Å². The van der Waals surface area contributed by atoms with Crippen LogP contribution in [0.1, 0.15) is 25.0 Å². The number of nitrogens with one attached hydrogen (secondary N) is 1. The fourth-order valence-electron chi connectivity index (χ4n) is 3.84. The standard InChI is InChI=1S/C18H24F3N5/c1-13-11-25(6-5-23-13)26-8-7-24(12-14(26)2)17-4-3-15(10-22)9-16(17)18(19,20)21/h3-4,9,13-14,23H,5-8,11-12H2,1-2H3/t13-,14-/m1/s1. The Kier molecular flexibility index (Phi) is 5.42. The van der Waals surface area contributed by atoms with Crippen LogP contribution in [0.3, 0.4) is 0 Å². The molecule has 0 aromatic heterocycles. The highest BCUT2D eigenvalue weighted by Crippen LogP contribution is 2.38. The van der Waals surface area contributed by atoms with Gasteiger partial charge in [0.25, 0.3) is 0 Å². The van der Waals surface area contributed by atoms with Gasteiger partial charge in [-0.05, 0) is 32.0 Å². The number of anilines is 1. The molecule has 8 heteroatoms. The number of nitrogens with zero attached hydrogens (tertiary/aromatic N) is 4. The lowest BCUT2D eigenvalue weighted by molar-refractivity contribution is -0.137. The summed E-state index contributed by atoms with van der Waals surface area (Å²) in [6.07, 6.45) is -4.48. The maximum atomic E-state index is 13.5. The van der Waals surface area contributed by atoms with Crippen molar-refractivity contribution in [1.29, 1.82) is 5.26 Å². The second kappa shape index (κ2) is 7.43. The first-order valence-electron chi connectivity index (χ1n) is 8.90. The minimum absolute atomic E-state index is 0.0302. The van der Waals surface area contributed by atoms with E-state index in [9.17, 15) is 13.2 Å². The van der Waals surface area contributed by atoms with Crippen molar-refractivity contribution in [2.24, 2.45) is 0 Å². The van der Waals surface area contributed by atoms with Gasteiger partial charge in [-0.1, -0.05) is 0 Å². The zero-order valence-electron chi connectivity index (χ0n) is 15.1. The monoisotopic (exact) mass is 367 g/mol. The van der Waals surface area contributed by atoms with E-state index >= 15 is 0 Å². The van der Waals surface area contributed by atoms with Crippen molar-refractivity contribution in [3.63, 3.8) is 0 Å². The summed E-state index contributed by atoms with van der Waals surface area (Å²) < 4.78 is 40.4. The summed E-state index contributed by atoms with van der Waals surface area (Å²) in [4.78, 5) is 1.79. The molecule has 0 amide bonds. The number of hydrogen-bond donors (Lipinski definition) is 1. The maximum Gasteiger partial charge on any atom is 0.418 e. The zero-order chi connectivity index (χ0) is 18.9. The Bertz CT molecular complexity index is 684. The molecule has 3 rings (SSSR count). The van der Waals surface area contributed by atoms with Gasteiger partial charge < -0.3 is 10.2 Å². The molecule has 2 aliphatic heterocycles.